The van der Waals surface area contributed by atoms with Gasteiger partial charge in [-0.3, -0.25) is 0 Å². The number of carboxylic acids is 1. The molecule has 0 saturated heterocycles. The van der Waals surface area contributed by atoms with E-state index in [0.717, 1.165) is 17.7 Å². The van der Waals surface area contributed by atoms with Crippen molar-refractivity contribution < 1.29 is 9.90 Å². The topological polar surface area (TPSA) is 52.2 Å². The van der Waals surface area contributed by atoms with Gasteiger partial charge in [0, 0.05) is 23.2 Å². The molecule has 0 fully saturated rings. The molecular weight excluding hydrogens is 238 g/mol. The largest absolute Gasteiger partial charge is 0.545 e. The number of fused-ring (bicyclic) bond motifs is 3. The molecule has 3 heteroatoms. The van der Waals surface area contributed by atoms with Crippen molar-refractivity contribution in [3.63, 3.8) is 0 Å². The van der Waals surface area contributed by atoms with Crippen LogP contribution >= 0.6 is 0 Å². The molecule has 2 aliphatic rings. The fraction of sp³-hybridized carbons (Fsp3) is 0.438. The van der Waals surface area contributed by atoms with Crippen LogP contribution < -0.4 is 10.4 Å². The predicted molar refractivity (Wildman–Crippen MR) is 73.0 cm³/mol. The van der Waals surface area contributed by atoms with Crippen LogP contribution in [0.25, 0.3) is 0 Å². The first kappa shape index (κ1) is 12.3. The van der Waals surface area contributed by atoms with E-state index in [1.54, 1.807) is 6.07 Å². The van der Waals surface area contributed by atoms with Gasteiger partial charge in [0.2, 0.25) is 0 Å². The van der Waals surface area contributed by atoms with Gasteiger partial charge in [-0.15, -0.1) is 0 Å². The lowest BCUT2D eigenvalue weighted by molar-refractivity contribution is -0.254. The third kappa shape index (κ3) is 1.84. The van der Waals surface area contributed by atoms with Crippen molar-refractivity contribution in [1.82, 2.24) is 0 Å². The highest BCUT2D eigenvalue weighted by Gasteiger charge is 2.38. The van der Waals surface area contributed by atoms with E-state index in [1.165, 1.54) is 0 Å². The van der Waals surface area contributed by atoms with Gasteiger partial charge in [-0.25, -0.2) is 0 Å². The van der Waals surface area contributed by atoms with Crippen molar-refractivity contribution >= 4 is 11.7 Å². The van der Waals surface area contributed by atoms with Crippen LogP contribution in [0.5, 0.6) is 0 Å². The summed E-state index contributed by atoms with van der Waals surface area (Å²) in [5.74, 6) is 0.232. The molecule has 1 heterocycles. The Morgan fingerprint density at radius 3 is 2.89 bits per heavy atom. The number of nitrogens with one attached hydrogen (secondary N) is 1. The molecule has 3 nitrogen and oxygen atoms in total. The standard InChI is InChI=1S/C16H19NO2/c1-9(2)14-11-6-3-5-10(11)12-7-4-8-13(16(18)19)15(12)17-14/h3-5,7-11,14,17H,6H2,1-2H3,(H,18,19)/p-1/t10-,11-,14-/m0/s1. The third-order valence-corrected chi connectivity index (χ3v) is 4.38. The Kier molecular flexibility index (Phi) is 2.85. The number of carboxylic acid groups (broad SMARTS) is 1. The van der Waals surface area contributed by atoms with Gasteiger partial charge in [0.05, 0.1) is 5.97 Å². The number of benzene rings is 1. The molecule has 0 bridgehead atoms. The van der Waals surface area contributed by atoms with E-state index in [9.17, 15) is 9.90 Å². The highest BCUT2D eigenvalue weighted by molar-refractivity contribution is 5.94. The lowest BCUT2D eigenvalue weighted by Crippen LogP contribution is -2.40. The minimum atomic E-state index is -1.10. The van der Waals surface area contributed by atoms with Crippen LogP contribution in [-0.2, 0) is 0 Å². The predicted octanol–water partition coefficient (Wildman–Crippen LogP) is 2.16. The van der Waals surface area contributed by atoms with Gasteiger partial charge in [0.1, 0.15) is 0 Å². The Hall–Kier alpha value is -1.77. The molecule has 0 aromatic heterocycles. The molecule has 100 valence electrons. The zero-order valence-corrected chi connectivity index (χ0v) is 11.2. The average molecular weight is 256 g/mol. The van der Waals surface area contributed by atoms with E-state index in [1.807, 2.05) is 12.1 Å². The molecule has 0 amide bonds. The summed E-state index contributed by atoms with van der Waals surface area (Å²) in [6.45, 7) is 4.36. The van der Waals surface area contributed by atoms with Gasteiger partial charge in [0.15, 0.2) is 0 Å². The van der Waals surface area contributed by atoms with Gasteiger partial charge < -0.3 is 15.2 Å². The Morgan fingerprint density at radius 2 is 2.21 bits per heavy atom. The number of carbonyl (C=O) groups excluding carboxylic acids is 1. The minimum Gasteiger partial charge on any atom is -0.545 e. The zero-order valence-electron chi connectivity index (χ0n) is 11.2. The highest BCUT2D eigenvalue weighted by Crippen LogP contribution is 2.47. The molecule has 0 unspecified atom stereocenters. The van der Waals surface area contributed by atoms with Gasteiger partial charge >= 0.3 is 0 Å². The molecule has 19 heavy (non-hydrogen) atoms. The van der Waals surface area contributed by atoms with Crippen LogP contribution in [0.1, 0.15) is 42.1 Å². The number of allylic oxidation sites excluding steroid dienone is 2. The summed E-state index contributed by atoms with van der Waals surface area (Å²) in [4.78, 5) is 11.3. The first-order chi connectivity index (χ1) is 9.09. The Morgan fingerprint density at radius 1 is 1.42 bits per heavy atom. The Labute approximate surface area is 113 Å². The average Bonchev–Trinajstić information content (AvgIpc) is 2.85. The fourth-order valence-electron chi connectivity index (χ4n) is 3.49. The van der Waals surface area contributed by atoms with Crippen LogP contribution in [0.2, 0.25) is 0 Å². The first-order valence-electron chi connectivity index (χ1n) is 6.87. The smallest absolute Gasteiger partial charge is 0.0736 e. The highest BCUT2D eigenvalue weighted by atomic mass is 16.4. The Bertz CT molecular complexity index is 548. The van der Waals surface area contributed by atoms with Crippen LogP contribution in [0.4, 0.5) is 5.69 Å². The van der Waals surface area contributed by atoms with E-state index >= 15 is 0 Å². The van der Waals surface area contributed by atoms with Crippen LogP contribution in [0.15, 0.2) is 30.4 Å². The van der Waals surface area contributed by atoms with E-state index in [-0.39, 0.29) is 5.56 Å². The maximum atomic E-state index is 11.3. The maximum absolute atomic E-state index is 11.3. The molecule has 1 aliphatic heterocycles. The molecule has 0 saturated carbocycles. The summed E-state index contributed by atoms with van der Waals surface area (Å²) in [6, 6.07) is 5.77. The minimum absolute atomic E-state index is 0.280. The number of aromatic carboxylic acids is 1. The van der Waals surface area contributed by atoms with E-state index in [0.29, 0.717) is 23.8 Å². The van der Waals surface area contributed by atoms with Crippen molar-refractivity contribution in [1.29, 1.82) is 0 Å². The second-order valence-corrected chi connectivity index (χ2v) is 5.82. The quantitative estimate of drug-likeness (QED) is 0.825. The summed E-state index contributed by atoms with van der Waals surface area (Å²) in [7, 11) is 0. The van der Waals surface area contributed by atoms with Crippen molar-refractivity contribution in [3.8, 4) is 0 Å². The molecular formula is C16H18NO2-. The van der Waals surface area contributed by atoms with Crippen molar-refractivity contribution in [2.24, 2.45) is 11.8 Å². The van der Waals surface area contributed by atoms with Crippen molar-refractivity contribution in [2.45, 2.75) is 32.2 Å². The molecule has 3 atom stereocenters. The van der Waals surface area contributed by atoms with Crippen molar-refractivity contribution in [3.05, 3.63) is 41.5 Å². The van der Waals surface area contributed by atoms with Crippen LogP contribution in [0.3, 0.4) is 0 Å². The first-order valence-corrected chi connectivity index (χ1v) is 6.87. The lowest BCUT2D eigenvalue weighted by atomic mass is 9.75. The molecule has 1 aromatic rings. The number of rotatable bonds is 2. The fourth-order valence-corrected chi connectivity index (χ4v) is 3.49. The maximum Gasteiger partial charge on any atom is 0.0736 e. The van der Waals surface area contributed by atoms with Gasteiger partial charge in [-0.1, -0.05) is 44.2 Å². The van der Waals surface area contributed by atoms with Gasteiger partial charge in [0.25, 0.3) is 0 Å². The van der Waals surface area contributed by atoms with E-state index in [4.69, 9.17) is 0 Å². The summed E-state index contributed by atoms with van der Waals surface area (Å²) in [5.41, 5.74) is 2.13. The zero-order chi connectivity index (χ0) is 13.6. The van der Waals surface area contributed by atoms with E-state index < -0.39 is 5.97 Å². The second-order valence-electron chi connectivity index (χ2n) is 5.82. The van der Waals surface area contributed by atoms with E-state index in [2.05, 4.69) is 31.3 Å². The second kappa shape index (κ2) is 4.41. The molecule has 1 N–H and O–H groups in total. The monoisotopic (exact) mass is 256 g/mol. The van der Waals surface area contributed by atoms with Gasteiger partial charge in [-0.05, 0) is 23.8 Å². The molecule has 1 aliphatic carbocycles. The van der Waals surface area contributed by atoms with Crippen LogP contribution in [-0.4, -0.2) is 12.0 Å². The summed E-state index contributed by atoms with van der Waals surface area (Å²) in [6.07, 6.45) is 5.50. The van der Waals surface area contributed by atoms with Crippen LogP contribution in [0, 0.1) is 11.8 Å². The number of anilines is 1. The molecule has 0 spiro atoms. The number of para-hydroxylation sites is 1. The number of hydrogen-bond donors (Lipinski definition) is 1. The summed E-state index contributed by atoms with van der Waals surface area (Å²) in [5, 5.41) is 14.7. The molecule has 3 rings (SSSR count). The third-order valence-electron chi connectivity index (χ3n) is 4.38. The Balaban J connectivity index is 2.13. The number of carbonyl (C=O) groups is 1. The molecule has 1 aromatic carbocycles. The summed E-state index contributed by atoms with van der Waals surface area (Å²) >= 11 is 0. The number of hydrogen-bond acceptors (Lipinski definition) is 3. The summed E-state index contributed by atoms with van der Waals surface area (Å²) < 4.78 is 0. The lowest BCUT2D eigenvalue weighted by Gasteiger charge is -2.40. The van der Waals surface area contributed by atoms with Gasteiger partial charge in [-0.2, -0.15) is 0 Å². The SMILES string of the molecule is CC(C)[C@@H]1Nc2c(C(=O)[O-])cccc2[C@H]2C=CC[C@@H]21. The van der Waals surface area contributed by atoms with Crippen molar-refractivity contribution in [2.75, 3.05) is 5.32 Å². The molecule has 0 radical (unpaired) electrons. The normalized spacial score (nSPS) is 27.8.